The van der Waals surface area contributed by atoms with Crippen molar-refractivity contribution >= 4 is 11.6 Å². The van der Waals surface area contributed by atoms with Crippen LogP contribution < -0.4 is 14.8 Å². The van der Waals surface area contributed by atoms with Crippen molar-refractivity contribution in [2.75, 3.05) is 33.2 Å². The van der Waals surface area contributed by atoms with Gasteiger partial charge in [0.15, 0.2) is 0 Å². The molecule has 2 rings (SSSR count). The van der Waals surface area contributed by atoms with Crippen LogP contribution in [-0.4, -0.2) is 50.2 Å². The summed E-state index contributed by atoms with van der Waals surface area (Å²) in [7, 11) is 3.35. The molecule has 1 aromatic rings. The van der Waals surface area contributed by atoms with Gasteiger partial charge in [-0.25, -0.2) is 0 Å². The quantitative estimate of drug-likeness (QED) is 0.844. The summed E-state index contributed by atoms with van der Waals surface area (Å²) in [5.74, 6) is 2.31. The number of rotatable bonds is 5. The van der Waals surface area contributed by atoms with Crippen LogP contribution in [0.25, 0.3) is 0 Å². The van der Waals surface area contributed by atoms with Gasteiger partial charge in [-0.1, -0.05) is 6.07 Å². The normalized spacial score (nSPS) is 23.6. The first-order chi connectivity index (χ1) is 9.67. The minimum Gasteiger partial charge on any atom is -0.497 e. The van der Waals surface area contributed by atoms with Crippen molar-refractivity contribution < 1.29 is 9.47 Å². The topological polar surface area (TPSA) is 33.7 Å². The lowest BCUT2D eigenvalue weighted by Crippen LogP contribution is -2.55. The average Bonchev–Trinajstić information content (AvgIpc) is 2.48. The average molecular weight is 299 g/mol. The van der Waals surface area contributed by atoms with E-state index in [0.717, 1.165) is 36.7 Å². The maximum Gasteiger partial charge on any atom is 0.127 e. The molecule has 4 nitrogen and oxygen atoms in total. The van der Waals surface area contributed by atoms with Crippen molar-refractivity contribution in [3.63, 3.8) is 0 Å². The van der Waals surface area contributed by atoms with E-state index in [2.05, 4.69) is 23.2 Å². The Morgan fingerprint density at radius 3 is 2.80 bits per heavy atom. The van der Waals surface area contributed by atoms with Crippen molar-refractivity contribution in [1.29, 1.82) is 0 Å². The number of halogens is 1. The Morgan fingerprint density at radius 1 is 1.35 bits per heavy atom. The molecule has 1 N–H and O–H groups in total. The number of alkyl halides is 1. The van der Waals surface area contributed by atoms with Gasteiger partial charge in [0.1, 0.15) is 11.5 Å². The van der Waals surface area contributed by atoms with Gasteiger partial charge >= 0.3 is 0 Å². The Balaban J connectivity index is 2.15. The second kappa shape index (κ2) is 7.16. The van der Waals surface area contributed by atoms with Crippen LogP contribution in [0.3, 0.4) is 0 Å². The number of piperazine rings is 1. The molecule has 1 heterocycles. The lowest BCUT2D eigenvalue weighted by atomic mass is 10.1. The third-order valence-corrected chi connectivity index (χ3v) is 4.13. The van der Waals surface area contributed by atoms with E-state index in [9.17, 15) is 0 Å². The number of methoxy groups -OCH3 is 2. The van der Waals surface area contributed by atoms with E-state index in [0.29, 0.717) is 18.0 Å². The molecule has 1 aliphatic heterocycles. The first-order valence-electron chi connectivity index (χ1n) is 6.92. The van der Waals surface area contributed by atoms with Gasteiger partial charge in [-0.3, -0.25) is 4.90 Å². The third kappa shape index (κ3) is 3.57. The fraction of sp³-hybridized carbons (Fsp3) is 0.600. The number of hydrogen-bond donors (Lipinski definition) is 1. The lowest BCUT2D eigenvalue weighted by Gasteiger charge is -2.38. The van der Waals surface area contributed by atoms with E-state index in [1.165, 1.54) is 0 Å². The van der Waals surface area contributed by atoms with Gasteiger partial charge in [-0.2, -0.15) is 0 Å². The Kier molecular flexibility index (Phi) is 5.52. The molecular formula is C15H23ClN2O2. The van der Waals surface area contributed by atoms with E-state index >= 15 is 0 Å². The lowest BCUT2D eigenvalue weighted by molar-refractivity contribution is 0.139. The van der Waals surface area contributed by atoms with Crippen LogP contribution in [-0.2, 0) is 6.54 Å². The fourth-order valence-electron chi connectivity index (χ4n) is 2.58. The molecule has 5 heteroatoms. The molecule has 112 valence electrons. The van der Waals surface area contributed by atoms with Crippen molar-refractivity contribution in [2.24, 2.45) is 0 Å². The largest absolute Gasteiger partial charge is 0.497 e. The number of ether oxygens (including phenoxy) is 2. The molecule has 1 saturated heterocycles. The van der Waals surface area contributed by atoms with E-state index in [1.807, 2.05) is 12.1 Å². The van der Waals surface area contributed by atoms with Crippen LogP contribution in [0, 0.1) is 0 Å². The summed E-state index contributed by atoms with van der Waals surface area (Å²) in [4.78, 5) is 2.42. The second-order valence-corrected chi connectivity index (χ2v) is 5.53. The number of nitrogens with zero attached hydrogens (tertiary/aromatic N) is 1. The molecule has 1 fully saturated rings. The van der Waals surface area contributed by atoms with Crippen molar-refractivity contribution in [2.45, 2.75) is 25.6 Å². The highest BCUT2D eigenvalue weighted by atomic mass is 35.5. The minimum absolute atomic E-state index is 0.361. The summed E-state index contributed by atoms with van der Waals surface area (Å²) < 4.78 is 10.7. The zero-order chi connectivity index (χ0) is 14.5. The molecule has 0 aliphatic carbocycles. The Bertz CT molecular complexity index is 442. The van der Waals surface area contributed by atoms with E-state index in [4.69, 9.17) is 21.1 Å². The molecule has 0 bridgehead atoms. The highest BCUT2D eigenvalue weighted by molar-refractivity contribution is 6.18. The first-order valence-corrected chi connectivity index (χ1v) is 7.45. The van der Waals surface area contributed by atoms with Crippen LogP contribution in [0.5, 0.6) is 11.5 Å². The van der Waals surface area contributed by atoms with Crippen LogP contribution >= 0.6 is 11.6 Å². The molecule has 1 aromatic carbocycles. The summed E-state index contributed by atoms with van der Waals surface area (Å²) >= 11 is 6.08. The number of hydrogen-bond acceptors (Lipinski definition) is 4. The molecule has 2 atom stereocenters. The summed E-state index contributed by atoms with van der Waals surface area (Å²) in [6.07, 6.45) is 0. The molecule has 0 spiro atoms. The molecule has 20 heavy (non-hydrogen) atoms. The predicted molar refractivity (Wildman–Crippen MR) is 81.9 cm³/mol. The summed E-state index contributed by atoms with van der Waals surface area (Å²) in [5, 5.41) is 3.47. The summed E-state index contributed by atoms with van der Waals surface area (Å²) in [5.41, 5.74) is 1.16. The maximum atomic E-state index is 6.08. The van der Waals surface area contributed by atoms with Crippen LogP contribution in [0.1, 0.15) is 12.5 Å². The fourth-order valence-corrected chi connectivity index (χ4v) is 2.88. The number of nitrogens with one attached hydrogen (secondary N) is 1. The molecule has 0 amide bonds. The minimum atomic E-state index is 0.361. The second-order valence-electron chi connectivity index (χ2n) is 5.22. The zero-order valence-corrected chi connectivity index (χ0v) is 13.1. The van der Waals surface area contributed by atoms with Gasteiger partial charge in [0.2, 0.25) is 0 Å². The number of benzene rings is 1. The summed E-state index contributed by atoms with van der Waals surface area (Å²) in [6.45, 7) is 4.97. The van der Waals surface area contributed by atoms with Gasteiger partial charge in [0.05, 0.1) is 14.2 Å². The van der Waals surface area contributed by atoms with Crippen LogP contribution in [0.4, 0.5) is 0 Å². The standard InChI is InChI=1S/C15H23ClN2O2/c1-11-9-18(13(7-16)8-17-11)10-12-4-5-14(19-2)6-15(12)20-3/h4-6,11,13,17H,7-10H2,1-3H3/t11-,13+/m1/s1. The third-order valence-electron chi connectivity index (χ3n) is 3.77. The molecule has 0 radical (unpaired) electrons. The van der Waals surface area contributed by atoms with Gasteiger partial charge in [-0.15, -0.1) is 11.6 Å². The van der Waals surface area contributed by atoms with Crippen LogP contribution in [0.2, 0.25) is 0 Å². The highest BCUT2D eigenvalue weighted by Gasteiger charge is 2.25. The molecule has 0 saturated carbocycles. The van der Waals surface area contributed by atoms with Gasteiger partial charge < -0.3 is 14.8 Å². The Morgan fingerprint density at radius 2 is 2.15 bits per heavy atom. The highest BCUT2D eigenvalue weighted by Crippen LogP contribution is 2.26. The Labute approximate surface area is 126 Å². The van der Waals surface area contributed by atoms with Crippen molar-refractivity contribution in [3.05, 3.63) is 23.8 Å². The smallest absolute Gasteiger partial charge is 0.127 e. The Hall–Kier alpha value is -0.970. The summed E-state index contributed by atoms with van der Waals surface area (Å²) in [6, 6.07) is 6.81. The first kappa shape index (κ1) is 15.4. The van der Waals surface area contributed by atoms with Crippen molar-refractivity contribution in [3.8, 4) is 11.5 Å². The monoisotopic (exact) mass is 298 g/mol. The molecule has 1 aliphatic rings. The zero-order valence-electron chi connectivity index (χ0n) is 12.4. The van der Waals surface area contributed by atoms with Crippen LogP contribution in [0.15, 0.2) is 18.2 Å². The maximum absolute atomic E-state index is 6.08. The van der Waals surface area contributed by atoms with Gasteiger partial charge in [-0.05, 0) is 13.0 Å². The SMILES string of the molecule is COc1ccc(CN2C[C@@H](C)NC[C@@H]2CCl)c(OC)c1. The molecule has 0 aromatic heterocycles. The van der Waals surface area contributed by atoms with E-state index in [-0.39, 0.29) is 0 Å². The van der Waals surface area contributed by atoms with E-state index < -0.39 is 0 Å². The predicted octanol–water partition coefficient (Wildman–Crippen LogP) is 2.10. The van der Waals surface area contributed by atoms with E-state index in [1.54, 1.807) is 14.2 Å². The molecule has 0 unspecified atom stereocenters. The molecular weight excluding hydrogens is 276 g/mol. The van der Waals surface area contributed by atoms with Gasteiger partial charge in [0, 0.05) is 49.2 Å². The van der Waals surface area contributed by atoms with Gasteiger partial charge in [0.25, 0.3) is 0 Å². The van der Waals surface area contributed by atoms with Crippen molar-refractivity contribution in [1.82, 2.24) is 10.2 Å².